The monoisotopic (exact) mass is 155 g/mol. The molecular weight excluding hydrogens is 147 g/mol. The van der Waals surface area contributed by atoms with Crippen molar-refractivity contribution in [1.82, 2.24) is 0 Å². The summed E-state index contributed by atoms with van der Waals surface area (Å²) < 4.78 is 14.9. The minimum atomic E-state index is -1.77. The van der Waals surface area contributed by atoms with Gasteiger partial charge in [-0.05, 0) is 10.5 Å². The molecular formula is C7H8O2P+. The van der Waals surface area contributed by atoms with Gasteiger partial charge in [-0.2, -0.15) is 0 Å². The first-order valence-electron chi connectivity index (χ1n) is 2.74. The van der Waals surface area contributed by atoms with Gasteiger partial charge in [0.1, 0.15) is 0 Å². The molecule has 3 heteroatoms. The summed E-state index contributed by atoms with van der Waals surface area (Å²) in [6.45, 7) is 0. The van der Waals surface area contributed by atoms with Crippen LogP contribution < -0.4 is 0 Å². The molecule has 0 saturated carbocycles. The minimum Gasteiger partial charge on any atom is -0.138 e. The molecule has 0 heterocycles. The molecule has 0 radical (unpaired) electrons. The lowest BCUT2D eigenvalue weighted by Gasteiger charge is -1.71. The summed E-state index contributed by atoms with van der Waals surface area (Å²) in [5, 5.41) is 0. The first-order chi connectivity index (χ1) is 4.81. The fourth-order valence-corrected chi connectivity index (χ4v) is 0.633. The average molecular weight is 155 g/mol. The van der Waals surface area contributed by atoms with Crippen molar-refractivity contribution in [2.75, 3.05) is 7.11 Å². The first-order valence-corrected chi connectivity index (χ1v) is 3.92. The highest BCUT2D eigenvalue weighted by Crippen LogP contribution is 2.16. The van der Waals surface area contributed by atoms with Crippen LogP contribution in [0.1, 0.15) is 12.8 Å². The zero-order chi connectivity index (χ0) is 7.82. The van der Waals surface area contributed by atoms with E-state index in [-0.39, 0.29) is 0 Å². The van der Waals surface area contributed by atoms with Crippen LogP contribution in [0.25, 0.3) is 0 Å². The van der Waals surface area contributed by atoms with Crippen molar-refractivity contribution in [2.45, 2.75) is 12.8 Å². The van der Waals surface area contributed by atoms with Crippen molar-refractivity contribution in [3.63, 3.8) is 0 Å². The Hall–Kier alpha value is -0.820. The van der Waals surface area contributed by atoms with E-state index >= 15 is 0 Å². The van der Waals surface area contributed by atoms with Gasteiger partial charge in [0, 0.05) is 12.8 Å². The quantitative estimate of drug-likeness (QED) is 0.345. The van der Waals surface area contributed by atoms with Gasteiger partial charge in [-0.1, -0.05) is 0 Å². The molecule has 0 fully saturated rings. The smallest absolute Gasteiger partial charge is 0.138 e. The second kappa shape index (κ2) is 6.30. The largest absolute Gasteiger partial charge is 0.603 e. The van der Waals surface area contributed by atoms with Crippen LogP contribution in [0.5, 0.6) is 0 Å². The van der Waals surface area contributed by atoms with E-state index in [0.717, 1.165) is 0 Å². The molecule has 2 nitrogen and oxygen atoms in total. The Morgan fingerprint density at radius 2 is 2.30 bits per heavy atom. The Morgan fingerprint density at radius 1 is 1.60 bits per heavy atom. The van der Waals surface area contributed by atoms with Gasteiger partial charge in [0.25, 0.3) is 0 Å². The van der Waals surface area contributed by atoms with Crippen molar-refractivity contribution in [3.05, 3.63) is 0 Å². The number of terminal acetylenes is 1. The van der Waals surface area contributed by atoms with Crippen LogP contribution in [-0.2, 0) is 9.09 Å². The molecule has 0 bridgehead atoms. The van der Waals surface area contributed by atoms with E-state index in [1.165, 1.54) is 7.11 Å². The lowest BCUT2D eigenvalue weighted by Crippen LogP contribution is -1.64. The summed E-state index contributed by atoms with van der Waals surface area (Å²) in [6.07, 6.45) is 6.14. The SMILES string of the molecule is C#CCCC#C[P+](=O)OC. The molecule has 0 amide bonds. The molecule has 0 aromatic carbocycles. The molecule has 0 N–H and O–H groups in total. The van der Waals surface area contributed by atoms with Crippen molar-refractivity contribution >= 4 is 8.03 Å². The lowest BCUT2D eigenvalue weighted by atomic mass is 10.3. The summed E-state index contributed by atoms with van der Waals surface area (Å²) in [4.78, 5) is 0. The predicted molar refractivity (Wildman–Crippen MR) is 40.5 cm³/mol. The molecule has 0 rings (SSSR count). The van der Waals surface area contributed by atoms with Gasteiger partial charge in [0.2, 0.25) is 5.66 Å². The van der Waals surface area contributed by atoms with Crippen molar-refractivity contribution in [2.24, 2.45) is 0 Å². The van der Waals surface area contributed by atoms with Crippen molar-refractivity contribution in [1.29, 1.82) is 0 Å². The Bertz CT molecular complexity index is 204. The first kappa shape index (κ1) is 9.18. The number of hydrogen-bond acceptors (Lipinski definition) is 2. The van der Waals surface area contributed by atoms with Crippen LogP contribution in [0, 0.1) is 23.9 Å². The minimum absolute atomic E-state index is 0.584. The van der Waals surface area contributed by atoms with Crippen molar-refractivity contribution in [3.8, 4) is 23.9 Å². The maximum atomic E-state index is 10.5. The fraction of sp³-hybridized carbons (Fsp3) is 0.429. The van der Waals surface area contributed by atoms with E-state index < -0.39 is 8.03 Å². The molecule has 0 spiro atoms. The average Bonchev–Trinajstić information content (AvgIpc) is 1.98. The van der Waals surface area contributed by atoms with E-state index in [0.29, 0.717) is 12.8 Å². The number of hydrogen-bond donors (Lipinski definition) is 0. The molecule has 0 aliphatic carbocycles. The zero-order valence-corrected chi connectivity index (χ0v) is 6.65. The van der Waals surface area contributed by atoms with Crippen LogP contribution in [0.3, 0.4) is 0 Å². The summed E-state index contributed by atoms with van der Waals surface area (Å²) >= 11 is 0. The molecule has 52 valence electrons. The lowest BCUT2D eigenvalue weighted by molar-refractivity contribution is 0.424. The van der Waals surface area contributed by atoms with E-state index in [1.54, 1.807) is 0 Å². The second-order valence-electron chi connectivity index (χ2n) is 1.43. The van der Waals surface area contributed by atoms with Crippen LogP contribution >= 0.6 is 8.03 Å². The maximum Gasteiger partial charge on any atom is 0.603 e. The van der Waals surface area contributed by atoms with Crippen LogP contribution in [0.2, 0.25) is 0 Å². The molecule has 0 aliphatic rings. The number of unbranched alkanes of at least 4 members (excludes halogenated alkanes) is 1. The molecule has 10 heavy (non-hydrogen) atoms. The third-order valence-corrected chi connectivity index (χ3v) is 1.40. The van der Waals surface area contributed by atoms with Crippen LogP contribution in [-0.4, -0.2) is 7.11 Å². The highest BCUT2D eigenvalue weighted by Gasteiger charge is 2.06. The fourth-order valence-electron chi connectivity index (χ4n) is 0.301. The van der Waals surface area contributed by atoms with E-state index in [9.17, 15) is 4.57 Å². The molecule has 0 saturated heterocycles. The van der Waals surface area contributed by atoms with Gasteiger partial charge in [-0.25, -0.2) is 0 Å². The normalized spacial score (nSPS) is 9.00. The molecule has 1 unspecified atom stereocenters. The highest BCUT2D eigenvalue weighted by atomic mass is 31.1. The molecule has 0 aromatic rings. The Kier molecular flexibility index (Phi) is 5.79. The number of rotatable bonds is 2. The van der Waals surface area contributed by atoms with Crippen molar-refractivity contribution < 1.29 is 9.09 Å². The summed E-state index contributed by atoms with van der Waals surface area (Å²) in [7, 11) is -0.419. The third-order valence-electron chi connectivity index (χ3n) is 0.731. The molecule has 1 atom stereocenters. The van der Waals surface area contributed by atoms with Gasteiger partial charge in [0.15, 0.2) is 0 Å². The Labute approximate surface area is 61.8 Å². The van der Waals surface area contributed by atoms with Gasteiger partial charge < -0.3 is 0 Å². The van der Waals surface area contributed by atoms with E-state index in [1.807, 2.05) is 0 Å². The zero-order valence-electron chi connectivity index (χ0n) is 5.76. The van der Waals surface area contributed by atoms with Gasteiger partial charge in [-0.3, -0.25) is 0 Å². The maximum absolute atomic E-state index is 10.5. The van der Waals surface area contributed by atoms with Crippen LogP contribution in [0.15, 0.2) is 0 Å². The topological polar surface area (TPSA) is 26.3 Å². The Balaban J connectivity index is 3.51. The molecule has 0 aliphatic heterocycles. The highest BCUT2D eigenvalue weighted by molar-refractivity contribution is 7.45. The van der Waals surface area contributed by atoms with Gasteiger partial charge >= 0.3 is 8.03 Å². The standard InChI is InChI=1S/C7H8O2P/c1-3-4-5-6-7-10(8)9-2/h1H,4-5H2,2H3/q+1. The second-order valence-corrected chi connectivity index (χ2v) is 2.54. The third kappa shape index (κ3) is 5.32. The Morgan fingerprint density at radius 3 is 2.80 bits per heavy atom. The molecule has 0 aromatic heterocycles. The summed E-state index contributed by atoms with van der Waals surface area (Å²) in [5.41, 5.74) is 2.41. The predicted octanol–water partition coefficient (Wildman–Crippen LogP) is 1.75. The summed E-state index contributed by atoms with van der Waals surface area (Å²) in [5.74, 6) is 5.06. The summed E-state index contributed by atoms with van der Waals surface area (Å²) in [6, 6.07) is 0. The van der Waals surface area contributed by atoms with E-state index in [2.05, 4.69) is 22.0 Å². The van der Waals surface area contributed by atoms with Crippen LogP contribution in [0.4, 0.5) is 0 Å². The van der Waals surface area contributed by atoms with E-state index in [4.69, 9.17) is 6.42 Å². The van der Waals surface area contributed by atoms with Gasteiger partial charge in [-0.15, -0.1) is 16.9 Å². The van der Waals surface area contributed by atoms with Gasteiger partial charge in [0.05, 0.1) is 7.11 Å².